The number of hydrogen-bond donors (Lipinski definition) is 0. The van der Waals surface area contributed by atoms with Crippen LogP contribution in [0.2, 0.25) is 0 Å². The van der Waals surface area contributed by atoms with Crippen molar-refractivity contribution in [2.24, 2.45) is 5.92 Å². The average Bonchev–Trinajstić information content (AvgIpc) is 2.07. The minimum absolute atomic E-state index is 0.0156. The average molecular weight is 229 g/mol. The summed E-state index contributed by atoms with van der Waals surface area (Å²) in [5, 5.41) is 0. The maximum Gasteiger partial charge on any atom is 0.147 e. The largest absolute Gasteiger partial charge is 0.497 e. The molecule has 0 bridgehead atoms. The molecule has 1 heterocycles. The number of Topliss-reactive ketones (excluding diaryl/α,β-unsaturated/α-hetero) is 1. The first-order valence-corrected chi connectivity index (χ1v) is 4.78. The summed E-state index contributed by atoms with van der Waals surface area (Å²) < 4.78 is 6.45. The Bertz CT molecular complexity index is 278. The highest BCUT2D eigenvalue weighted by molar-refractivity contribution is 9.11. The second kappa shape index (κ2) is 3.05. The van der Waals surface area contributed by atoms with Crippen LogP contribution in [0.25, 0.3) is 0 Å². The Kier molecular flexibility index (Phi) is 2.05. The van der Waals surface area contributed by atoms with Crippen LogP contribution in [0, 0.1) is 5.92 Å². The summed E-state index contributed by atoms with van der Waals surface area (Å²) >= 11 is 3.39. The quantitative estimate of drug-likeness (QED) is 0.636. The molecule has 1 aliphatic heterocycles. The number of carbonyl (C=O) groups excluding carboxylic acids is 1. The zero-order valence-electron chi connectivity index (χ0n) is 6.55. The standard InChI is InChI=1S/C9H9BrO2/c10-6-1-2-9-7(5-6)8(11)3-4-12-9/h1-2,7H,3-5H2. The molecule has 1 aliphatic carbocycles. The van der Waals surface area contributed by atoms with Crippen LogP contribution in [0.5, 0.6) is 0 Å². The van der Waals surface area contributed by atoms with Gasteiger partial charge in [0.05, 0.1) is 12.5 Å². The van der Waals surface area contributed by atoms with Crippen LogP contribution in [0.1, 0.15) is 12.8 Å². The van der Waals surface area contributed by atoms with Gasteiger partial charge in [0.2, 0.25) is 0 Å². The number of ketones is 1. The minimum atomic E-state index is -0.0156. The van der Waals surface area contributed by atoms with Crippen molar-refractivity contribution >= 4 is 21.7 Å². The van der Waals surface area contributed by atoms with Crippen molar-refractivity contribution < 1.29 is 9.53 Å². The lowest BCUT2D eigenvalue weighted by Crippen LogP contribution is -2.26. The zero-order chi connectivity index (χ0) is 8.55. The molecule has 1 saturated heterocycles. The third kappa shape index (κ3) is 1.33. The predicted molar refractivity (Wildman–Crippen MR) is 48.8 cm³/mol. The first-order chi connectivity index (χ1) is 5.77. The van der Waals surface area contributed by atoms with E-state index in [1.54, 1.807) is 0 Å². The summed E-state index contributed by atoms with van der Waals surface area (Å²) in [4.78, 5) is 11.4. The Balaban J connectivity index is 2.26. The van der Waals surface area contributed by atoms with Crippen molar-refractivity contribution in [1.29, 1.82) is 0 Å². The third-order valence-electron chi connectivity index (χ3n) is 2.18. The van der Waals surface area contributed by atoms with Crippen LogP contribution in [0.4, 0.5) is 0 Å². The second-order valence-corrected chi connectivity index (χ2v) is 4.02. The van der Waals surface area contributed by atoms with Crippen molar-refractivity contribution in [3.8, 4) is 0 Å². The molecule has 0 radical (unpaired) electrons. The highest BCUT2D eigenvalue weighted by atomic mass is 79.9. The van der Waals surface area contributed by atoms with E-state index in [-0.39, 0.29) is 5.92 Å². The molecule has 12 heavy (non-hydrogen) atoms. The summed E-state index contributed by atoms with van der Waals surface area (Å²) in [6.45, 7) is 0.548. The van der Waals surface area contributed by atoms with Gasteiger partial charge in [-0.3, -0.25) is 4.79 Å². The molecule has 0 aromatic rings. The van der Waals surface area contributed by atoms with Crippen molar-refractivity contribution in [3.05, 3.63) is 22.4 Å². The van der Waals surface area contributed by atoms with E-state index >= 15 is 0 Å². The highest BCUT2D eigenvalue weighted by Gasteiger charge is 2.30. The van der Waals surface area contributed by atoms with Gasteiger partial charge in [0.25, 0.3) is 0 Å². The predicted octanol–water partition coefficient (Wildman–Crippen LogP) is 2.16. The number of halogens is 1. The van der Waals surface area contributed by atoms with Crippen LogP contribution in [0.15, 0.2) is 22.4 Å². The fourth-order valence-corrected chi connectivity index (χ4v) is 1.97. The Morgan fingerprint density at radius 3 is 3.17 bits per heavy atom. The Labute approximate surface area is 79.4 Å². The van der Waals surface area contributed by atoms with Gasteiger partial charge in [0.15, 0.2) is 0 Å². The van der Waals surface area contributed by atoms with E-state index in [9.17, 15) is 4.79 Å². The fraction of sp³-hybridized carbons (Fsp3) is 0.444. The molecule has 2 aliphatic rings. The van der Waals surface area contributed by atoms with Gasteiger partial charge in [0.1, 0.15) is 11.5 Å². The molecule has 0 N–H and O–H groups in total. The molecule has 3 heteroatoms. The monoisotopic (exact) mass is 228 g/mol. The molecule has 2 rings (SSSR count). The number of ether oxygens (including phenoxy) is 1. The number of rotatable bonds is 0. The lowest BCUT2D eigenvalue weighted by Gasteiger charge is -2.26. The molecule has 0 amide bonds. The number of carbonyl (C=O) groups is 1. The van der Waals surface area contributed by atoms with Crippen molar-refractivity contribution in [1.82, 2.24) is 0 Å². The molecule has 64 valence electrons. The van der Waals surface area contributed by atoms with Gasteiger partial charge in [0, 0.05) is 6.42 Å². The Morgan fingerprint density at radius 2 is 2.33 bits per heavy atom. The van der Waals surface area contributed by atoms with E-state index in [4.69, 9.17) is 4.74 Å². The van der Waals surface area contributed by atoms with Crippen LogP contribution in [-0.2, 0) is 9.53 Å². The molecular formula is C9H9BrO2. The smallest absolute Gasteiger partial charge is 0.147 e. The molecule has 0 saturated carbocycles. The van der Waals surface area contributed by atoms with E-state index < -0.39 is 0 Å². The van der Waals surface area contributed by atoms with Crippen LogP contribution >= 0.6 is 15.9 Å². The SMILES string of the molecule is O=C1CCOC2=CC=C(Br)CC12. The summed E-state index contributed by atoms with van der Waals surface area (Å²) in [7, 11) is 0. The van der Waals surface area contributed by atoms with E-state index in [2.05, 4.69) is 15.9 Å². The molecule has 2 nitrogen and oxygen atoms in total. The van der Waals surface area contributed by atoms with Gasteiger partial charge < -0.3 is 4.74 Å². The first kappa shape index (κ1) is 8.05. The molecule has 1 fully saturated rings. The van der Waals surface area contributed by atoms with Gasteiger partial charge >= 0.3 is 0 Å². The molecule has 0 aromatic heterocycles. The van der Waals surface area contributed by atoms with Crippen LogP contribution < -0.4 is 0 Å². The first-order valence-electron chi connectivity index (χ1n) is 3.99. The summed E-state index contributed by atoms with van der Waals surface area (Å²) in [6.07, 6.45) is 5.16. The normalized spacial score (nSPS) is 28.4. The number of fused-ring (bicyclic) bond motifs is 1. The topological polar surface area (TPSA) is 26.3 Å². The maximum absolute atomic E-state index is 11.4. The minimum Gasteiger partial charge on any atom is -0.497 e. The Hall–Kier alpha value is -0.570. The summed E-state index contributed by atoms with van der Waals surface area (Å²) in [6, 6.07) is 0. The highest BCUT2D eigenvalue weighted by Crippen LogP contribution is 2.32. The molecule has 1 unspecified atom stereocenters. The summed E-state index contributed by atoms with van der Waals surface area (Å²) in [5.74, 6) is 1.13. The summed E-state index contributed by atoms with van der Waals surface area (Å²) in [5.41, 5.74) is 0. The van der Waals surface area contributed by atoms with E-state index in [1.807, 2.05) is 12.2 Å². The molecule has 0 aromatic carbocycles. The maximum atomic E-state index is 11.4. The molecule has 1 atom stereocenters. The Morgan fingerprint density at radius 1 is 1.50 bits per heavy atom. The lowest BCUT2D eigenvalue weighted by atomic mass is 9.91. The van der Waals surface area contributed by atoms with Gasteiger partial charge in [-0.1, -0.05) is 15.9 Å². The fourth-order valence-electron chi connectivity index (χ4n) is 1.52. The van der Waals surface area contributed by atoms with E-state index in [0.29, 0.717) is 18.8 Å². The van der Waals surface area contributed by atoms with Crippen molar-refractivity contribution in [2.75, 3.05) is 6.61 Å². The van der Waals surface area contributed by atoms with E-state index in [1.165, 1.54) is 0 Å². The number of allylic oxidation sites excluding steroid dienone is 4. The van der Waals surface area contributed by atoms with Gasteiger partial charge in [-0.25, -0.2) is 0 Å². The van der Waals surface area contributed by atoms with Crippen molar-refractivity contribution in [2.45, 2.75) is 12.8 Å². The number of hydrogen-bond acceptors (Lipinski definition) is 2. The van der Waals surface area contributed by atoms with Gasteiger partial charge in [-0.2, -0.15) is 0 Å². The van der Waals surface area contributed by atoms with Crippen molar-refractivity contribution in [3.63, 3.8) is 0 Å². The molecular weight excluding hydrogens is 220 g/mol. The van der Waals surface area contributed by atoms with Gasteiger partial charge in [-0.15, -0.1) is 0 Å². The van der Waals surface area contributed by atoms with Gasteiger partial charge in [-0.05, 0) is 23.1 Å². The molecule has 0 spiro atoms. The second-order valence-electron chi connectivity index (χ2n) is 3.00. The third-order valence-corrected chi connectivity index (χ3v) is 2.76. The lowest BCUT2D eigenvalue weighted by molar-refractivity contribution is -0.126. The van der Waals surface area contributed by atoms with Crippen LogP contribution in [-0.4, -0.2) is 12.4 Å². The zero-order valence-corrected chi connectivity index (χ0v) is 8.13. The van der Waals surface area contributed by atoms with Crippen LogP contribution in [0.3, 0.4) is 0 Å². The van der Waals surface area contributed by atoms with E-state index in [0.717, 1.165) is 16.7 Å².